The Labute approximate surface area is 161 Å². The van der Waals surface area contributed by atoms with Crippen LogP contribution in [0.25, 0.3) is 11.5 Å². The Bertz CT molecular complexity index is 871. The van der Waals surface area contributed by atoms with E-state index in [9.17, 15) is 4.79 Å². The number of amides is 1. The summed E-state index contributed by atoms with van der Waals surface area (Å²) in [6.45, 7) is 3.29. The van der Waals surface area contributed by atoms with Crippen LogP contribution in [-0.2, 0) is 16.0 Å². The minimum atomic E-state index is -0.0793. The molecule has 140 valence electrons. The second kappa shape index (κ2) is 8.32. The number of hydrogen-bond acceptors (Lipinski definition) is 7. The Hall–Kier alpha value is -2.71. The number of thiophene rings is 1. The first kappa shape index (κ1) is 17.7. The summed E-state index contributed by atoms with van der Waals surface area (Å²) in [6, 6.07) is 9.81. The molecule has 4 rings (SSSR count). The van der Waals surface area contributed by atoms with Gasteiger partial charge in [-0.2, -0.15) is 11.3 Å². The van der Waals surface area contributed by atoms with Gasteiger partial charge in [0.1, 0.15) is 0 Å². The van der Waals surface area contributed by atoms with E-state index in [2.05, 4.69) is 20.4 Å². The van der Waals surface area contributed by atoms with E-state index in [1.54, 1.807) is 11.3 Å². The molecule has 27 heavy (non-hydrogen) atoms. The fourth-order valence-corrected chi connectivity index (χ4v) is 3.51. The number of rotatable bonds is 6. The number of ether oxygens (including phenoxy) is 1. The molecule has 0 bridgehead atoms. The van der Waals surface area contributed by atoms with Crippen LogP contribution in [0.4, 0.5) is 11.4 Å². The maximum absolute atomic E-state index is 12.2. The number of hydrogen-bond donors (Lipinski definition) is 1. The molecule has 0 aliphatic carbocycles. The van der Waals surface area contributed by atoms with Gasteiger partial charge in [-0.15, -0.1) is 10.2 Å². The maximum Gasteiger partial charge on any atom is 0.248 e. The van der Waals surface area contributed by atoms with Crippen molar-refractivity contribution in [1.82, 2.24) is 10.2 Å². The van der Waals surface area contributed by atoms with Crippen LogP contribution in [-0.4, -0.2) is 42.4 Å². The van der Waals surface area contributed by atoms with Crippen molar-refractivity contribution in [1.29, 1.82) is 0 Å². The average molecular weight is 384 g/mol. The Kier molecular flexibility index (Phi) is 5.45. The number of carbonyl (C=O) groups excluding carboxylic acids is 1. The first-order valence-electron chi connectivity index (χ1n) is 8.85. The molecule has 2 aromatic heterocycles. The molecule has 3 aromatic rings. The van der Waals surface area contributed by atoms with E-state index in [-0.39, 0.29) is 12.3 Å². The molecule has 1 aliphatic rings. The van der Waals surface area contributed by atoms with E-state index in [0.717, 1.165) is 43.2 Å². The highest BCUT2D eigenvalue weighted by atomic mass is 32.1. The molecule has 0 saturated carbocycles. The number of nitrogens with one attached hydrogen (secondary N) is 1. The predicted octanol–water partition coefficient (Wildman–Crippen LogP) is 3.21. The fraction of sp³-hybridized carbons (Fsp3) is 0.316. The Morgan fingerprint density at radius 3 is 2.70 bits per heavy atom. The van der Waals surface area contributed by atoms with Crippen molar-refractivity contribution in [3.8, 4) is 11.5 Å². The molecule has 1 aliphatic heterocycles. The second-order valence-corrected chi connectivity index (χ2v) is 6.99. The molecule has 1 aromatic carbocycles. The molecular formula is C19H20N4O3S. The summed E-state index contributed by atoms with van der Waals surface area (Å²) in [7, 11) is 0. The number of aromatic nitrogens is 2. The van der Waals surface area contributed by atoms with Crippen LogP contribution in [0.2, 0.25) is 0 Å². The highest BCUT2D eigenvalue weighted by Crippen LogP contribution is 2.21. The standard InChI is InChI=1S/C19H20N4O3S/c24-17(5-6-18-21-22-19(26-18)14-7-12-27-13-14)20-15-1-3-16(4-2-15)23-8-10-25-11-9-23/h1-4,7,12-13H,5-6,8-11H2,(H,20,24). The van der Waals surface area contributed by atoms with Crippen LogP contribution in [0.3, 0.4) is 0 Å². The lowest BCUT2D eigenvalue weighted by Crippen LogP contribution is -2.36. The van der Waals surface area contributed by atoms with Gasteiger partial charge in [0.05, 0.1) is 13.2 Å². The number of benzene rings is 1. The van der Waals surface area contributed by atoms with Gasteiger partial charge in [-0.05, 0) is 35.7 Å². The molecule has 1 saturated heterocycles. The summed E-state index contributed by atoms with van der Waals surface area (Å²) in [5.74, 6) is 0.879. The van der Waals surface area contributed by atoms with Crippen molar-refractivity contribution in [3.05, 3.63) is 47.0 Å². The van der Waals surface area contributed by atoms with Gasteiger partial charge in [-0.1, -0.05) is 0 Å². The zero-order valence-electron chi connectivity index (χ0n) is 14.8. The minimum absolute atomic E-state index is 0.0793. The molecule has 0 radical (unpaired) electrons. The number of nitrogens with zero attached hydrogens (tertiary/aromatic N) is 3. The summed E-state index contributed by atoms with van der Waals surface area (Å²) >= 11 is 1.57. The van der Waals surface area contributed by atoms with Crippen molar-refractivity contribution in [2.75, 3.05) is 36.5 Å². The molecule has 3 heterocycles. The molecular weight excluding hydrogens is 364 g/mol. The third-order valence-corrected chi connectivity index (χ3v) is 5.01. The molecule has 1 amide bonds. The van der Waals surface area contributed by atoms with E-state index in [0.29, 0.717) is 18.2 Å². The first-order valence-corrected chi connectivity index (χ1v) is 9.80. The SMILES string of the molecule is O=C(CCc1nnc(-c2ccsc2)o1)Nc1ccc(N2CCOCC2)cc1. The Morgan fingerprint density at radius 1 is 1.15 bits per heavy atom. The van der Waals surface area contributed by atoms with Crippen LogP contribution in [0, 0.1) is 0 Å². The van der Waals surface area contributed by atoms with Gasteiger partial charge in [-0.25, -0.2) is 0 Å². The van der Waals surface area contributed by atoms with Crippen LogP contribution < -0.4 is 10.2 Å². The lowest BCUT2D eigenvalue weighted by Gasteiger charge is -2.28. The Balaban J connectivity index is 1.28. The van der Waals surface area contributed by atoms with Gasteiger partial charge in [0.2, 0.25) is 17.7 Å². The number of carbonyl (C=O) groups is 1. The van der Waals surface area contributed by atoms with Crippen molar-refractivity contribution in [3.63, 3.8) is 0 Å². The quantitative estimate of drug-likeness (QED) is 0.703. The van der Waals surface area contributed by atoms with E-state index in [4.69, 9.17) is 9.15 Å². The van der Waals surface area contributed by atoms with Crippen LogP contribution >= 0.6 is 11.3 Å². The number of aryl methyl sites for hydroxylation is 1. The smallest absolute Gasteiger partial charge is 0.248 e. The van der Waals surface area contributed by atoms with Crippen molar-refractivity contribution < 1.29 is 13.9 Å². The van der Waals surface area contributed by atoms with Crippen LogP contribution in [0.15, 0.2) is 45.5 Å². The second-order valence-electron chi connectivity index (χ2n) is 6.21. The normalized spacial score (nSPS) is 14.3. The van der Waals surface area contributed by atoms with Crippen LogP contribution in [0.5, 0.6) is 0 Å². The topological polar surface area (TPSA) is 80.5 Å². The minimum Gasteiger partial charge on any atom is -0.421 e. The monoisotopic (exact) mass is 384 g/mol. The maximum atomic E-state index is 12.2. The Morgan fingerprint density at radius 2 is 1.96 bits per heavy atom. The third kappa shape index (κ3) is 4.53. The molecule has 1 fully saturated rings. The zero-order chi connectivity index (χ0) is 18.5. The summed E-state index contributed by atoms with van der Waals surface area (Å²) < 4.78 is 11.0. The van der Waals surface area contributed by atoms with E-state index in [1.165, 1.54) is 0 Å². The number of anilines is 2. The molecule has 0 spiro atoms. The zero-order valence-corrected chi connectivity index (χ0v) is 15.6. The molecule has 8 heteroatoms. The highest BCUT2D eigenvalue weighted by Gasteiger charge is 2.13. The largest absolute Gasteiger partial charge is 0.421 e. The van der Waals surface area contributed by atoms with Crippen molar-refractivity contribution in [2.24, 2.45) is 0 Å². The molecule has 0 unspecified atom stereocenters. The van der Waals surface area contributed by atoms with Gasteiger partial charge in [0.25, 0.3) is 0 Å². The third-order valence-electron chi connectivity index (χ3n) is 4.33. The fourth-order valence-electron chi connectivity index (χ4n) is 2.88. The molecule has 1 N–H and O–H groups in total. The summed E-state index contributed by atoms with van der Waals surface area (Å²) in [5, 5.41) is 14.8. The first-order chi connectivity index (χ1) is 13.3. The molecule has 0 atom stereocenters. The van der Waals surface area contributed by atoms with Gasteiger partial charge < -0.3 is 19.4 Å². The molecule has 7 nitrogen and oxygen atoms in total. The lowest BCUT2D eigenvalue weighted by atomic mass is 10.2. The van der Waals surface area contributed by atoms with Gasteiger partial charge in [0.15, 0.2) is 0 Å². The summed E-state index contributed by atoms with van der Waals surface area (Å²) in [4.78, 5) is 14.5. The summed E-state index contributed by atoms with van der Waals surface area (Å²) in [5.41, 5.74) is 2.83. The predicted molar refractivity (Wildman–Crippen MR) is 104 cm³/mol. The van der Waals surface area contributed by atoms with Crippen LogP contribution in [0.1, 0.15) is 12.3 Å². The van der Waals surface area contributed by atoms with E-state index < -0.39 is 0 Å². The van der Waals surface area contributed by atoms with Crippen molar-refractivity contribution >= 4 is 28.6 Å². The lowest BCUT2D eigenvalue weighted by molar-refractivity contribution is -0.116. The van der Waals surface area contributed by atoms with Crippen molar-refractivity contribution in [2.45, 2.75) is 12.8 Å². The summed E-state index contributed by atoms with van der Waals surface area (Å²) in [6.07, 6.45) is 0.700. The number of morpholine rings is 1. The van der Waals surface area contributed by atoms with E-state index in [1.807, 2.05) is 41.1 Å². The highest BCUT2D eigenvalue weighted by molar-refractivity contribution is 7.08. The van der Waals surface area contributed by atoms with Gasteiger partial charge in [-0.3, -0.25) is 4.79 Å². The van der Waals surface area contributed by atoms with Gasteiger partial charge >= 0.3 is 0 Å². The van der Waals surface area contributed by atoms with Gasteiger partial charge in [0, 0.05) is 48.2 Å². The average Bonchev–Trinajstić information content (AvgIpc) is 3.39. The van der Waals surface area contributed by atoms with E-state index >= 15 is 0 Å².